The standard InChI is InChI=1S/C25H30N4O3/c1-18-14-19(2)16-20(15-18)17-22(27)24(30)29(9-8-26)25(31)23(21-6-4-3-5-7-21)28-10-12-32-13-11-28/h3-7,14-16,22-23H,9-13,17,27H2,1-2H3/t22-,23?/m0/s1. The number of hydrogen-bond donors (Lipinski definition) is 1. The van der Waals surface area contributed by atoms with Crippen LogP contribution in [-0.4, -0.2) is 60.5 Å². The molecule has 0 aromatic heterocycles. The molecule has 7 nitrogen and oxygen atoms in total. The molecule has 1 unspecified atom stereocenters. The Hall–Kier alpha value is -3.05. The Kier molecular flexibility index (Phi) is 8.12. The van der Waals surface area contributed by atoms with Crippen LogP contribution in [0.2, 0.25) is 0 Å². The van der Waals surface area contributed by atoms with Gasteiger partial charge in [-0.2, -0.15) is 5.26 Å². The van der Waals surface area contributed by atoms with Crippen LogP contribution in [0.25, 0.3) is 0 Å². The van der Waals surface area contributed by atoms with Crippen molar-refractivity contribution in [2.45, 2.75) is 32.4 Å². The number of nitrogens with two attached hydrogens (primary N) is 1. The summed E-state index contributed by atoms with van der Waals surface area (Å²) in [6.07, 6.45) is 0.296. The van der Waals surface area contributed by atoms with Gasteiger partial charge < -0.3 is 10.5 Å². The number of amides is 2. The Morgan fingerprint density at radius 1 is 1.09 bits per heavy atom. The molecule has 2 amide bonds. The number of imide groups is 1. The average Bonchev–Trinajstić information content (AvgIpc) is 2.78. The van der Waals surface area contributed by atoms with Crippen LogP contribution in [0.5, 0.6) is 0 Å². The first-order valence-electron chi connectivity index (χ1n) is 10.8. The first-order chi connectivity index (χ1) is 15.4. The molecule has 0 bridgehead atoms. The molecular weight excluding hydrogens is 404 g/mol. The van der Waals surface area contributed by atoms with Crippen LogP contribution < -0.4 is 5.73 Å². The SMILES string of the molecule is Cc1cc(C)cc(C[C@H](N)C(=O)N(CC#N)C(=O)C(c2ccccc2)N2CCOCC2)c1. The van der Waals surface area contributed by atoms with Gasteiger partial charge in [0.2, 0.25) is 5.91 Å². The number of aryl methyl sites for hydroxylation is 2. The summed E-state index contributed by atoms with van der Waals surface area (Å²) in [5.74, 6) is -0.967. The molecule has 0 radical (unpaired) electrons. The molecule has 2 aromatic rings. The predicted octanol–water partition coefficient (Wildman–Crippen LogP) is 2.13. The molecule has 1 aliphatic heterocycles. The van der Waals surface area contributed by atoms with Crippen LogP contribution >= 0.6 is 0 Å². The molecule has 1 aliphatic rings. The number of rotatable bonds is 7. The lowest BCUT2D eigenvalue weighted by molar-refractivity contribution is -0.149. The summed E-state index contributed by atoms with van der Waals surface area (Å²) in [6.45, 7) is 5.78. The van der Waals surface area contributed by atoms with Gasteiger partial charge in [0.05, 0.1) is 25.3 Å². The maximum absolute atomic E-state index is 13.7. The summed E-state index contributed by atoms with van der Waals surface area (Å²) >= 11 is 0. The lowest BCUT2D eigenvalue weighted by atomic mass is 9.99. The molecule has 0 saturated carbocycles. The van der Waals surface area contributed by atoms with E-state index in [4.69, 9.17) is 10.5 Å². The van der Waals surface area contributed by atoms with Crippen LogP contribution in [0, 0.1) is 25.2 Å². The van der Waals surface area contributed by atoms with E-state index in [1.807, 2.05) is 67.3 Å². The molecule has 1 fully saturated rings. The second kappa shape index (κ2) is 11.0. The number of morpholine rings is 1. The van der Waals surface area contributed by atoms with Gasteiger partial charge in [-0.3, -0.25) is 19.4 Å². The Bertz CT molecular complexity index is 960. The van der Waals surface area contributed by atoms with Crippen LogP contribution in [0.4, 0.5) is 0 Å². The van der Waals surface area contributed by atoms with Crippen molar-refractivity contribution in [3.05, 3.63) is 70.8 Å². The molecule has 1 saturated heterocycles. The quantitative estimate of drug-likeness (QED) is 0.670. The maximum Gasteiger partial charge on any atom is 0.252 e. The zero-order chi connectivity index (χ0) is 23.1. The highest BCUT2D eigenvalue weighted by atomic mass is 16.5. The molecule has 3 rings (SSSR count). The average molecular weight is 435 g/mol. The van der Waals surface area contributed by atoms with Crippen molar-refractivity contribution in [3.63, 3.8) is 0 Å². The molecule has 7 heteroatoms. The lowest BCUT2D eigenvalue weighted by Gasteiger charge is -2.36. The Labute approximate surface area is 189 Å². The van der Waals surface area contributed by atoms with Gasteiger partial charge in [0.15, 0.2) is 0 Å². The molecule has 2 atom stereocenters. The molecule has 168 valence electrons. The third kappa shape index (κ3) is 5.80. The Morgan fingerprint density at radius 3 is 2.31 bits per heavy atom. The van der Waals surface area contributed by atoms with E-state index in [-0.39, 0.29) is 6.54 Å². The van der Waals surface area contributed by atoms with Crippen molar-refractivity contribution in [2.75, 3.05) is 32.8 Å². The van der Waals surface area contributed by atoms with Crippen molar-refractivity contribution in [2.24, 2.45) is 5.73 Å². The highest BCUT2D eigenvalue weighted by Gasteiger charge is 2.36. The molecule has 32 heavy (non-hydrogen) atoms. The number of hydrogen-bond acceptors (Lipinski definition) is 6. The van der Waals surface area contributed by atoms with Gasteiger partial charge in [-0.25, -0.2) is 0 Å². The number of carbonyl (C=O) groups excluding carboxylic acids is 2. The second-order valence-corrected chi connectivity index (χ2v) is 8.19. The van der Waals surface area contributed by atoms with Gasteiger partial charge in [-0.15, -0.1) is 0 Å². The topological polar surface area (TPSA) is 99.7 Å². The number of ether oxygens (including phenoxy) is 1. The third-order valence-electron chi connectivity index (χ3n) is 5.58. The monoisotopic (exact) mass is 434 g/mol. The van der Waals surface area contributed by atoms with Crippen LogP contribution in [-0.2, 0) is 20.7 Å². The molecule has 0 spiro atoms. The van der Waals surface area contributed by atoms with Gasteiger partial charge in [0, 0.05) is 13.1 Å². The highest BCUT2D eigenvalue weighted by molar-refractivity contribution is 6.00. The minimum Gasteiger partial charge on any atom is -0.379 e. The maximum atomic E-state index is 13.7. The van der Waals surface area contributed by atoms with Gasteiger partial charge in [-0.1, -0.05) is 59.7 Å². The first-order valence-corrected chi connectivity index (χ1v) is 10.8. The molecule has 0 aliphatic carbocycles. The fourth-order valence-electron chi connectivity index (χ4n) is 4.19. The van der Waals surface area contributed by atoms with E-state index in [2.05, 4.69) is 6.07 Å². The lowest BCUT2D eigenvalue weighted by Crippen LogP contribution is -2.53. The fraction of sp³-hybridized carbons (Fsp3) is 0.400. The van der Waals surface area contributed by atoms with Crippen molar-refractivity contribution in [1.82, 2.24) is 9.80 Å². The van der Waals surface area contributed by atoms with Crippen LogP contribution in [0.1, 0.15) is 28.3 Å². The fourth-order valence-corrected chi connectivity index (χ4v) is 4.19. The number of nitriles is 1. The molecule has 2 aromatic carbocycles. The first kappa shape index (κ1) is 23.6. The van der Waals surface area contributed by atoms with Crippen molar-refractivity contribution in [3.8, 4) is 6.07 Å². The van der Waals surface area contributed by atoms with E-state index in [9.17, 15) is 14.9 Å². The summed E-state index contributed by atoms with van der Waals surface area (Å²) in [4.78, 5) is 29.9. The van der Waals surface area contributed by atoms with Gasteiger partial charge >= 0.3 is 0 Å². The summed E-state index contributed by atoms with van der Waals surface area (Å²) < 4.78 is 5.44. The minimum absolute atomic E-state index is 0.296. The zero-order valence-corrected chi connectivity index (χ0v) is 18.7. The van der Waals surface area contributed by atoms with Gasteiger partial charge in [0.25, 0.3) is 5.91 Å². The van der Waals surface area contributed by atoms with E-state index in [1.54, 1.807) is 0 Å². The molecule has 2 N–H and O–H groups in total. The summed E-state index contributed by atoms with van der Waals surface area (Å²) in [5.41, 5.74) is 10.1. The smallest absolute Gasteiger partial charge is 0.252 e. The zero-order valence-electron chi connectivity index (χ0n) is 18.7. The van der Waals surface area contributed by atoms with E-state index in [0.29, 0.717) is 32.7 Å². The summed E-state index contributed by atoms with van der Waals surface area (Å²) in [5, 5.41) is 9.37. The number of carbonyl (C=O) groups is 2. The normalized spacial score (nSPS) is 16.1. The largest absolute Gasteiger partial charge is 0.379 e. The summed E-state index contributed by atoms with van der Waals surface area (Å²) in [7, 11) is 0. The number of benzene rings is 2. The van der Waals surface area contributed by atoms with Crippen LogP contribution in [0.3, 0.4) is 0 Å². The van der Waals surface area contributed by atoms with Crippen LogP contribution in [0.15, 0.2) is 48.5 Å². The van der Waals surface area contributed by atoms with Crippen molar-refractivity contribution < 1.29 is 14.3 Å². The predicted molar refractivity (Wildman–Crippen MR) is 122 cm³/mol. The molecular formula is C25H30N4O3. The Balaban J connectivity index is 1.86. The van der Waals surface area contributed by atoms with E-state index in [1.165, 1.54) is 0 Å². The third-order valence-corrected chi connectivity index (χ3v) is 5.58. The van der Waals surface area contributed by atoms with Gasteiger partial charge in [-0.05, 0) is 31.4 Å². The van der Waals surface area contributed by atoms with Crippen molar-refractivity contribution in [1.29, 1.82) is 5.26 Å². The van der Waals surface area contributed by atoms with E-state index in [0.717, 1.165) is 27.2 Å². The molecule has 1 heterocycles. The minimum atomic E-state index is -0.922. The van der Waals surface area contributed by atoms with Crippen molar-refractivity contribution >= 4 is 11.8 Å². The second-order valence-electron chi connectivity index (χ2n) is 8.19. The van der Waals surface area contributed by atoms with E-state index >= 15 is 0 Å². The number of nitrogens with zero attached hydrogens (tertiary/aromatic N) is 3. The van der Waals surface area contributed by atoms with Gasteiger partial charge in [0.1, 0.15) is 12.6 Å². The summed E-state index contributed by atoms with van der Waals surface area (Å²) in [6, 6.07) is 15.7. The van der Waals surface area contributed by atoms with E-state index < -0.39 is 23.9 Å². The highest BCUT2D eigenvalue weighted by Crippen LogP contribution is 2.25. The Morgan fingerprint density at radius 2 is 1.72 bits per heavy atom.